The highest BCUT2D eigenvalue weighted by Crippen LogP contribution is 2.65. The third-order valence-electron chi connectivity index (χ3n) is 2.55. The third kappa shape index (κ3) is 1.73. The standard InChI is InChI=1S/C14H11P/c1-3-7-12(8-4-1)14-11-15(14)13-9-5-2-6-10-13/h1-11H. The Balaban J connectivity index is 1.83. The van der Waals surface area contributed by atoms with Gasteiger partial charge in [0.1, 0.15) is 0 Å². The van der Waals surface area contributed by atoms with E-state index in [1.165, 1.54) is 16.2 Å². The van der Waals surface area contributed by atoms with Crippen molar-refractivity contribution in [1.29, 1.82) is 0 Å². The first-order chi connectivity index (χ1) is 7.45. The Morgan fingerprint density at radius 3 is 1.93 bits per heavy atom. The van der Waals surface area contributed by atoms with E-state index in [0.29, 0.717) is 0 Å². The second-order valence-corrected chi connectivity index (χ2v) is 5.58. The topological polar surface area (TPSA) is 0 Å². The van der Waals surface area contributed by atoms with Gasteiger partial charge < -0.3 is 0 Å². The first kappa shape index (κ1) is 8.88. The highest BCUT2D eigenvalue weighted by molar-refractivity contribution is 7.86. The van der Waals surface area contributed by atoms with Gasteiger partial charge in [-0.1, -0.05) is 60.7 Å². The Kier molecular flexibility index (Phi) is 2.16. The van der Waals surface area contributed by atoms with E-state index in [1.54, 1.807) is 0 Å². The van der Waals surface area contributed by atoms with Gasteiger partial charge in [-0.2, -0.15) is 0 Å². The van der Waals surface area contributed by atoms with E-state index in [9.17, 15) is 0 Å². The zero-order valence-corrected chi connectivity index (χ0v) is 9.19. The molecule has 2 aromatic carbocycles. The summed E-state index contributed by atoms with van der Waals surface area (Å²) in [6.07, 6.45) is 0. The monoisotopic (exact) mass is 210 g/mol. The summed E-state index contributed by atoms with van der Waals surface area (Å²) in [6.45, 7) is 0. The van der Waals surface area contributed by atoms with Gasteiger partial charge in [0.05, 0.1) is 0 Å². The SMILES string of the molecule is C1=C(c2ccccc2)P1c1ccccc1. The summed E-state index contributed by atoms with van der Waals surface area (Å²) in [7, 11) is -0.0936. The van der Waals surface area contributed by atoms with Gasteiger partial charge in [-0.25, -0.2) is 0 Å². The van der Waals surface area contributed by atoms with Crippen LogP contribution in [0.3, 0.4) is 0 Å². The van der Waals surface area contributed by atoms with Crippen molar-refractivity contribution >= 4 is 18.5 Å². The Labute approximate surface area is 91.0 Å². The molecule has 0 aromatic heterocycles. The van der Waals surface area contributed by atoms with Crippen molar-refractivity contribution in [2.24, 2.45) is 0 Å². The van der Waals surface area contributed by atoms with Gasteiger partial charge in [-0.15, -0.1) is 0 Å². The highest BCUT2D eigenvalue weighted by Gasteiger charge is 2.26. The summed E-state index contributed by atoms with van der Waals surface area (Å²) in [5, 5.41) is 2.99. The van der Waals surface area contributed by atoms with Gasteiger partial charge in [0.2, 0.25) is 0 Å². The predicted octanol–water partition coefficient (Wildman–Crippen LogP) is 3.81. The molecular weight excluding hydrogens is 199 g/mol. The summed E-state index contributed by atoms with van der Waals surface area (Å²) in [6, 6.07) is 21.4. The molecule has 1 atom stereocenters. The van der Waals surface area contributed by atoms with E-state index in [0.717, 1.165) is 0 Å². The summed E-state index contributed by atoms with van der Waals surface area (Å²) in [5.41, 5.74) is 1.38. The van der Waals surface area contributed by atoms with Gasteiger partial charge in [0.25, 0.3) is 0 Å². The molecule has 1 heteroatoms. The van der Waals surface area contributed by atoms with E-state index in [4.69, 9.17) is 0 Å². The molecule has 0 aliphatic carbocycles. The lowest BCUT2D eigenvalue weighted by atomic mass is 10.2. The smallest absolute Gasteiger partial charge is 0.00728 e. The average Bonchev–Trinajstić information content (AvgIpc) is 3.11. The van der Waals surface area contributed by atoms with E-state index >= 15 is 0 Å². The Hall–Kier alpha value is -1.39. The summed E-state index contributed by atoms with van der Waals surface area (Å²) in [4.78, 5) is 0. The molecule has 0 saturated carbocycles. The molecule has 72 valence electrons. The van der Waals surface area contributed by atoms with Crippen molar-refractivity contribution in [2.45, 2.75) is 0 Å². The molecule has 0 saturated heterocycles. The lowest BCUT2D eigenvalue weighted by Crippen LogP contribution is -1.91. The zero-order chi connectivity index (χ0) is 10.1. The van der Waals surface area contributed by atoms with Crippen molar-refractivity contribution < 1.29 is 0 Å². The van der Waals surface area contributed by atoms with E-state index < -0.39 is 0 Å². The largest absolute Gasteiger partial charge is 0.0622 e. The second-order valence-electron chi connectivity index (χ2n) is 3.59. The molecule has 0 fully saturated rings. The highest BCUT2D eigenvalue weighted by atomic mass is 31.1. The molecule has 0 radical (unpaired) electrons. The summed E-state index contributed by atoms with van der Waals surface area (Å²) >= 11 is 0. The van der Waals surface area contributed by atoms with Crippen molar-refractivity contribution in [2.75, 3.05) is 0 Å². The maximum absolute atomic E-state index is 2.39. The van der Waals surface area contributed by atoms with E-state index in [2.05, 4.69) is 66.5 Å². The summed E-state index contributed by atoms with van der Waals surface area (Å²) in [5.74, 6) is 2.39. The maximum atomic E-state index is 2.39. The Bertz CT molecular complexity index is 485. The number of hydrogen-bond acceptors (Lipinski definition) is 0. The van der Waals surface area contributed by atoms with Gasteiger partial charge in [0, 0.05) is 0 Å². The van der Waals surface area contributed by atoms with Crippen LogP contribution in [0.4, 0.5) is 0 Å². The minimum absolute atomic E-state index is 0.0936. The van der Waals surface area contributed by atoms with Crippen LogP contribution in [-0.4, -0.2) is 0 Å². The zero-order valence-electron chi connectivity index (χ0n) is 8.30. The van der Waals surface area contributed by atoms with Crippen LogP contribution < -0.4 is 5.30 Å². The van der Waals surface area contributed by atoms with Crippen LogP contribution >= 0.6 is 7.92 Å². The second kappa shape index (κ2) is 3.64. The van der Waals surface area contributed by atoms with Gasteiger partial charge in [0.15, 0.2) is 0 Å². The lowest BCUT2D eigenvalue weighted by molar-refractivity contribution is 1.66. The maximum Gasteiger partial charge on any atom is -0.00728 e. The van der Waals surface area contributed by atoms with E-state index in [-0.39, 0.29) is 7.92 Å². The number of hydrogen-bond donors (Lipinski definition) is 0. The molecule has 0 amide bonds. The average molecular weight is 210 g/mol. The molecule has 15 heavy (non-hydrogen) atoms. The molecule has 0 spiro atoms. The fourth-order valence-corrected chi connectivity index (χ4v) is 3.58. The molecule has 3 rings (SSSR count). The molecule has 1 unspecified atom stereocenters. The van der Waals surface area contributed by atoms with Crippen molar-refractivity contribution in [3.8, 4) is 0 Å². The van der Waals surface area contributed by atoms with E-state index in [1.807, 2.05) is 0 Å². The van der Waals surface area contributed by atoms with Gasteiger partial charge in [-0.05, 0) is 29.9 Å². The van der Waals surface area contributed by atoms with Crippen molar-refractivity contribution in [3.63, 3.8) is 0 Å². The van der Waals surface area contributed by atoms with Crippen molar-refractivity contribution in [1.82, 2.24) is 0 Å². The number of benzene rings is 2. The van der Waals surface area contributed by atoms with Gasteiger partial charge in [-0.3, -0.25) is 0 Å². The number of rotatable bonds is 2. The molecule has 1 heterocycles. The van der Waals surface area contributed by atoms with Crippen LogP contribution in [0.1, 0.15) is 5.56 Å². The Morgan fingerprint density at radius 2 is 1.27 bits per heavy atom. The minimum atomic E-state index is -0.0936. The lowest BCUT2D eigenvalue weighted by Gasteiger charge is -2.00. The Morgan fingerprint density at radius 1 is 0.667 bits per heavy atom. The normalized spacial score (nSPS) is 18.4. The first-order valence-corrected chi connectivity index (χ1v) is 6.48. The van der Waals surface area contributed by atoms with Crippen LogP contribution in [0.15, 0.2) is 66.5 Å². The third-order valence-corrected chi connectivity index (χ3v) is 4.55. The fraction of sp³-hybridized carbons (Fsp3) is 0. The minimum Gasteiger partial charge on any atom is -0.0622 e. The molecule has 0 N–H and O–H groups in total. The molecule has 1 aliphatic heterocycles. The van der Waals surface area contributed by atoms with Crippen molar-refractivity contribution in [3.05, 3.63) is 72.0 Å². The van der Waals surface area contributed by atoms with Crippen LogP contribution in [0, 0.1) is 0 Å². The quantitative estimate of drug-likeness (QED) is 0.661. The summed E-state index contributed by atoms with van der Waals surface area (Å²) < 4.78 is 0. The fourth-order valence-electron chi connectivity index (χ4n) is 1.72. The van der Waals surface area contributed by atoms with Crippen LogP contribution in [0.5, 0.6) is 0 Å². The molecule has 2 aromatic rings. The predicted molar refractivity (Wildman–Crippen MR) is 67.4 cm³/mol. The molecular formula is C14H11P. The van der Waals surface area contributed by atoms with Crippen LogP contribution in [0.25, 0.3) is 5.31 Å². The van der Waals surface area contributed by atoms with Crippen LogP contribution in [-0.2, 0) is 0 Å². The first-order valence-electron chi connectivity index (χ1n) is 5.07. The van der Waals surface area contributed by atoms with Gasteiger partial charge >= 0.3 is 0 Å². The molecule has 0 nitrogen and oxygen atoms in total. The van der Waals surface area contributed by atoms with Crippen LogP contribution in [0.2, 0.25) is 0 Å². The molecule has 1 aliphatic rings. The molecule has 0 bridgehead atoms.